The predicted octanol–water partition coefficient (Wildman–Crippen LogP) is 0.298. The Bertz CT molecular complexity index is 440. The van der Waals surface area contributed by atoms with Crippen molar-refractivity contribution in [2.45, 2.75) is 19.0 Å². The first-order valence-electron chi connectivity index (χ1n) is 6.19. The summed E-state index contributed by atoms with van der Waals surface area (Å²) in [5.41, 5.74) is 4.40. The number of carbonyl (C=O) groups is 1. The van der Waals surface area contributed by atoms with Crippen molar-refractivity contribution in [3.8, 4) is 0 Å². The minimum atomic E-state index is -0.376. The standard InChI is InChI=1S/C12H19N5O2/c1-19-12(18)15-10-3-5-17(7-10)8-11-6-9(16-13)2-4-14-11/h2,4,6,10H,3,5,7-8,13H2,1H3,(H,14,16)(H,15,18). The number of nitrogens with two attached hydrogens (primary N) is 1. The molecule has 1 aliphatic heterocycles. The SMILES string of the molecule is COC(=O)NC1CCN(Cc2cc(NN)ccn2)C1. The summed E-state index contributed by atoms with van der Waals surface area (Å²) in [6.45, 7) is 2.47. The van der Waals surface area contributed by atoms with Gasteiger partial charge in [0, 0.05) is 31.9 Å². The fourth-order valence-electron chi connectivity index (χ4n) is 2.20. The number of hydrazine groups is 1. The second-order valence-corrected chi connectivity index (χ2v) is 4.54. The minimum Gasteiger partial charge on any atom is -0.453 e. The molecule has 1 saturated heterocycles. The second-order valence-electron chi connectivity index (χ2n) is 4.54. The van der Waals surface area contributed by atoms with Gasteiger partial charge in [0.2, 0.25) is 0 Å². The molecule has 1 unspecified atom stereocenters. The van der Waals surface area contributed by atoms with E-state index in [0.717, 1.165) is 37.4 Å². The summed E-state index contributed by atoms with van der Waals surface area (Å²) >= 11 is 0. The zero-order valence-electron chi connectivity index (χ0n) is 10.9. The zero-order chi connectivity index (χ0) is 13.7. The van der Waals surface area contributed by atoms with E-state index < -0.39 is 0 Å². The average molecular weight is 265 g/mol. The van der Waals surface area contributed by atoms with Crippen molar-refractivity contribution >= 4 is 11.8 Å². The van der Waals surface area contributed by atoms with Crippen molar-refractivity contribution in [2.75, 3.05) is 25.6 Å². The summed E-state index contributed by atoms with van der Waals surface area (Å²) in [5.74, 6) is 5.37. The average Bonchev–Trinajstić information content (AvgIpc) is 2.86. The van der Waals surface area contributed by atoms with Crippen molar-refractivity contribution in [2.24, 2.45) is 5.84 Å². The van der Waals surface area contributed by atoms with E-state index in [9.17, 15) is 4.79 Å². The lowest BCUT2D eigenvalue weighted by Crippen LogP contribution is -2.36. The molecule has 0 bridgehead atoms. The fourth-order valence-corrected chi connectivity index (χ4v) is 2.20. The molecule has 1 amide bonds. The van der Waals surface area contributed by atoms with Crippen LogP contribution in [0.4, 0.5) is 10.5 Å². The monoisotopic (exact) mass is 265 g/mol. The molecule has 1 aliphatic rings. The van der Waals surface area contributed by atoms with Crippen LogP contribution in [0, 0.1) is 0 Å². The number of methoxy groups -OCH3 is 1. The van der Waals surface area contributed by atoms with Crippen LogP contribution in [0.5, 0.6) is 0 Å². The number of hydrogen-bond donors (Lipinski definition) is 3. The van der Waals surface area contributed by atoms with E-state index in [1.807, 2.05) is 12.1 Å². The second kappa shape index (κ2) is 6.35. The van der Waals surface area contributed by atoms with Crippen LogP contribution in [-0.2, 0) is 11.3 Å². The molecular weight excluding hydrogens is 246 g/mol. The molecule has 1 aromatic heterocycles. The van der Waals surface area contributed by atoms with Gasteiger partial charge in [0.05, 0.1) is 18.5 Å². The van der Waals surface area contributed by atoms with Gasteiger partial charge in [-0.3, -0.25) is 15.7 Å². The van der Waals surface area contributed by atoms with Gasteiger partial charge in [-0.1, -0.05) is 0 Å². The number of nitrogens with zero attached hydrogens (tertiary/aromatic N) is 2. The summed E-state index contributed by atoms with van der Waals surface area (Å²) in [4.78, 5) is 17.7. The Morgan fingerprint density at radius 1 is 1.68 bits per heavy atom. The van der Waals surface area contributed by atoms with E-state index >= 15 is 0 Å². The van der Waals surface area contributed by atoms with Gasteiger partial charge in [-0.25, -0.2) is 4.79 Å². The number of hydrogen-bond acceptors (Lipinski definition) is 6. The highest BCUT2D eigenvalue weighted by Crippen LogP contribution is 2.14. The number of ether oxygens (including phenoxy) is 1. The molecule has 0 saturated carbocycles. The van der Waals surface area contributed by atoms with Crippen molar-refractivity contribution in [1.82, 2.24) is 15.2 Å². The summed E-state index contributed by atoms with van der Waals surface area (Å²) < 4.78 is 4.59. The number of aromatic nitrogens is 1. The third kappa shape index (κ3) is 3.80. The first-order valence-corrected chi connectivity index (χ1v) is 6.19. The topological polar surface area (TPSA) is 92.5 Å². The Hall–Kier alpha value is -1.86. The summed E-state index contributed by atoms with van der Waals surface area (Å²) in [7, 11) is 1.37. The largest absolute Gasteiger partial charge is 0.453 e. The number of carbonyl (C=O) groups excluding carboxylic acids is 1. The van der Waals surface area contributed by atoms with Gasteiger partial charge in [0.15, 0.2) is 0 Å². The molecule has 1 fully saturated rings. The molecule has 1 atom stereocenters. The lowest BCUT2D eigenvalue weighted by atomic mass is 10.3. The van der Waals surface area contributed by atoms with E-state index in [1.165, 1.54) is 7.11 Å². The van der Waals surface area contributed by atoms with E-state index in [0.29, 0.717) is 0 Å². The van der Waals surface area contributed by atoms with E-state index in [2.05, 4.69) is 25.4 Å². The van der Waals surface area contributed by atoms with Crippen LogP contribution in [-0.4, -0.2) is 42.2 Å². The van der Waals surface area contributed by atoms with Gasteiger partial charge in [0.25, 0.3) is 0 Å². The molecule has 7 heteroatoms. The van der Waals surface area contributed by atoms with Gasteiger partial charge in [0.1, 0.15) is 0 Å². The number of anilines is 1. The Balaban J connectivity index is 1.85. The number of amides is 1. The van der Waals surface area contributed by atoms with Gasteiger partial charge in [-0.05, 0) is 18.6 Å². The summed E-state index contributed by atoms with van der Waals surface area (Å²) in [5, 5.41) is 2.81. The number of pyridine rings is 1. The third-order valence-electron chi connectivity index (χ3n) is 3.15. The van der Waals surface area contributed by atoms with Crippen LogP contribution in [0.1, 0.15) is 12.1 Å². The highest BCUT2D eigenvalue weighted by Gasteiger charge is 2.24. The molecule has 2 heterocycles. The van der Waals surface area contributed by atoms with Gasteiger partial charge >= 0.3 is 6.09 Å². The first kappa shape index (κ1) is 13.6. The maximum Gasteiger partial charge on any atom is 0.407 e. The maximum absolute atomic E-state index is 11.1. The van der Waals surface area contributed by atoms with E-state index in [1.54, 1.807) is 6.20 Å². The zero-order valence-corrected chi connectivity index (χ0v) is 10.9. The van der Waals surface area contributed by atoms with Crippen LogP contribution >= 0.6 is 0 Å². The Kier molecular flexibility index (Phi) is 4.53. The smallest absolute Gasteiger partial charge is 0.407 e. The Morgan fingerprint density at radius 3 is 3.26 bits per heavy atom. The highest BCUT2D eigenvalue weighted by atomic mass is 16.5. The fraction of sp³-hybridized carbons (Fsp3) is 0.500. The van der Waals surface area contributed by atoms with Gasteiger partial charge < -0.3 is 15.5 Å². The predicted molar refractivity (Wildman–Crippen MR) is 71.3 cm³/mol. The lowest BCUT2D eigenvalue weighted by Gasteiger charge is -2.16. The van der Waals surface area contributed by atoms with Gasteiger partial charge in [-0.2, -0.15) is 0 Å². The molecule has 4 N–H and O–H groups in total. The van der Waals surface area contributed by atoms with Crippen LogP contribution in [0.15, 0.2) is 18.3 Å². The number of alkyl carbamates (subject to hydrolysis) is 1. The molecule has 0 aromatic carbocycles. The molecule has 1 aromatic rings. The minimum absolute atomic E-state index is 0.142. The molecule has 19 heavy (non-hydrogen) atoms. The maximum atomic E-state index is 11.1. The lowest BCUT2D eigenvalue weighted by molar-refractivity contribution is 0.166. The number of nitrogen functional groups attached to an aromatic ring is 1. The van der Waals surface area contributed by atoms with Crippen LogP contribution < -0.4 is 16.6 Å². The molecule has 0 spiro atoms. The van der Waals surface area contributed by atoms with Crippen molar-refractivity contribution in [1.29, 1.82) is 0 Å². The van der Waals surface area contributed by atoms with Crippen LogP contribution in [0.3, 0.4) is 0 Å². The van der Waals surface area contributed by atoms with Crippen LogP contribution in [0.25, 0.3) is 0 Å². The number of rotatable bonds is 4. The quantitative estimate of drug-likeness (QED) is 0.535. The Morgan fingerprint density at radius 2 is 2.53 bits per heavy atom. The normalized spacial score (nSPS) is 19.2. The first-order chi connectivity index (χ1) is 9.21. The molecule has 104 valence electrons. The molecule has 2 rings (SSSR count). The number of nitrogens with one attached hydrogen (secondary N) is 2. The van der Waals surface area contributed by atoms with Crippen LogP contribution in [0.2, 0.25) is 0 Å². The Labute approximate surface area is 112 Å². The van der Waals surface area contributed by atoms with Gasteiger partial charge in [-0.15, -0.1) is 0 Å². The molecule has 7 nitrogen and oxygen atoms in total. The van der Waals surface area contributed by atoms with Crippen molar-refractivity contribution in [3.05, 3.63) is 24.0 Å². The summed E-state index contributed by atoms with van der Waals surface area (Å²) in [6, 6.07) is 3.87. The van der Waals surface area contributed by atoms with E-state index in [4.69, 9.17) is 5.84 Å². The highest BCUT2D eigenvalue weighted by molar-refractivity contribution is 5.67. The molecular formula is C12H19N5O2. The molecule has 0 aliphatic carbocycles. The van der Waals surface area contributed by atoms with E-state index in [-0.39, 0.29) is 12.1 Å². The summed E-state index contributed by atoms with van der Waals surface area (Å²) in [6.07, 6.45) is 2.27. The van der Waals surface area contributed by atoms with Crippen molar-refractivity contribution in [3.63, 3.8) is 0 Å². The van der Waals surface area contributed by atoms with Crippen molar-refractivity contribution < 1.29 is 9.53 Å². The third-order valence-corrected chi connectivity index (χ3v) is 3.15. The number of likely N-dealkylation sites (tertiary alicyclic amines) is 1. The molecule has 0 radical (unpaired) electrons.